The van der Waals surface area contributed by atoms with Gasteiger partial charge in [-0.2, -0.15) is 0 Å². The van der Waals surface area contributed by atoms with Gasteiger partial charge in [0.25, 0.3) is 0 Å². The molecule has 0 fully saturated rings. The number of nitrogens with one attached hydrogen (secondary N) is 1. The summed E-state index contributed by atoms with van der Waals surface area (Å²) in [7, 11) is 1.72. The van der Waals surface area contributed by atoms with E-state index in [-0.39, 0.29) is 0 Å². The summed E-state index contributed by atoms with van der Waals surface area (Å²) < 4.78 is 4.90. The molecule has 1 N–H and O–H groups in total. The quantitative estimate of drug-likeness (QED) is 0.678. The first-order valence-electron chi connectivity index (χ1n) is 3.65. The summed E-state index contributed by atoms with van der Waals surface area (Å²) in [6, 6.07) is 4.20. The standard InChI is InChI=1S/C8H13NOS/c1-10-5-4-9-7-8-3-2-6-11-8/h2-3,6,9H,4-5,7H2,1H3. The van der Waals surface area contributed by atoms with Gasteiger partial charge in [-0.1, -0.05) is 6.07 Å². The first-order chi connectivity index (χ1) is 5.43. The highest BCUT2D eigenvalue weighted by atomic mass is 32.1. The lowest BCUT2D eigenvalue weighted by Crippen LogP contribution is -2.17. The van der Waals surface area contributed by atoms with E-state index in [1.165, 1.54) is 4.88 Å². The predicted molar refractivity (Wildman–Crippen MR) is 47.9 cm³/mol. The van der Waals surface area contributed by atoms with E-state index in [2.05, 4.69) is 22.8 Å². The molecule has 0 aliphatic rings. The van der Waals surface area contributed by atoms with E-state index in [1.807, 2.05) is 0 Å². The Hall–Kier alpha value is -0.380. The van der Waals surface area contributed by atoms with Crippen LogP contribution >= 0.6 is 11.3 Å². The third kappa shape index (κ3) is 3.51. The molecule has 1 rings (SSSR count). The third-order valence-corrected chi connectivity index (χ3v) is 2.24. The molecular weight excluding hydrogens is 158 g/mol. The molecule has 1 aromatic heterocycles. The van der Waals surface area contributed by atoms with Crippen molar-refractivity contribution >= 4 is 11.3 Å². The number of thiophene rings is 1. The van der Waals surface area contributed by atoms with Crippen LogP contribution in [0.5, 0.6) is 0 Å². The van der Waals surface area contributed by atoms with Crippen molar-refractivity contribution in [3.63, 3.8) is 0 Å². The van der Waals surface area contributed by atoms with Crippen LogP contribution in [0.1, 0.15) is 4.88 Å². The monoisotopic (exact) mass is 171 g/mol. The maximum atomic E-state index is 4.90. The maximum Gasteiger partial charge on any atom is 0.0587 e. The summed E-state index contributed by atoms with van der Waals surface area (Å²) >= 11 is 1.78. The second kappa shape index (κ2) is 5.29. The average Bonchev–Trinajstić information content (AvgIpc) is 2.50. The highest BCUT2D eigenvalue weighted by Gasteiger charge is 1.90. The second-order valence-electron chi connectivity index (χ2n) is 2.25. The van der Waals surface area contributed by atoms with Crippen LogP contribution in [-0.4, -0.2) is 20.3 Å². The Balaban J connectivity index is 2.04. The lowest BCUT2D eigenvalue weighted by atomic mass is 10.4. The maximum absolute atomic E-state index is 4.90. The highest BCUT2D eigenvalue weighted by molar-refractivity contribution is 7.09. The van der Waals surface area contributed by atoms with Gasteiger partial charge in [0.05, 0.1) is 6.61 Å². The van der Waals surface area contributed by atoms with Crippen molar-refractivity contribution in [1.29, 1.82) is 0 Å². The van der Waals surface area contributed by atoms with Crippen LogP contribution in [0.15, 0.2) is 17.5 Å². The summed E-state index contributed by atoms with van der Waals surface area (Å²) in [5.41, 5.74) is 0. The van der Waals surface area contributed by atoms with E-state index in [0.29, 0.717) is 0 Å². The Labute approximate surface area is 71.2 Å². The zero-order chi connectivity index (χ0) is 7.94. The van der Waals surface area contributed by atoms with Gasteiger partial charge in [-0.3, -0.25) is 0 Å². The van der Waals surface area contributed by atoms with E-state index >= 15 is 0 Å². The van der Waals surface area contributed by atoms with Gasteiger partial charge in [-0.05, 0) is 11.4 Å². The normalized spacial score (nSPS) is 10.3. The van der Waals surface area contributed by atoms with Gasteiger partial charge in [-0.15, -0.1) is 11.3 Å². The molecule has 62 valence electrons. The van der Waals surface area contributed by atoms with Gasteiger partial charge < -0.3 is 10.1 Å². The molecule has 3 heteroatoms. The molecule has 0 atom stereocenters. The van der Waals surface area contributed by atoms with E-state index in [1.54, 1.807) is 18.4 Å². The number of rotatable bonds is 5. The number of hydrogen-bond donors (Lipinski definition) is 1. The van der Waals surface area contributed by atoms with Crippen molar-refractivity contribution in [3.8, 4) is 0 Å². The minimum absolute atomic E-state index is 0.783. The second-order valence-corrected chi connectivity index (χ2v) is 3.28. The largest absolute Gasteiger partial charge is 0.383 e. The fourth-order valence-corrected chi connectivity index (χ4v) is 1.47. The predicted octanol–water partition coefficient (Wildman–Crippen LogP) is 1.48. The molecule has 0 unspecified atom stereocenters. The Morgan fingerprint density at radius 1 is 1.64 bits per heavy atom. The van der Waals surface area contributed by atoms with Crippen LogP contribution < -0.4 is 5.32 Å². The topological polar surface area (TPSA) is 21.3 Å². The Bertz CT molecular complexity index is 174. The minimum atomic E-state index is 0.783. The number of methoxy groups -OCH3 is 1. The van der Waals surface area contributed by atoms with Gasteiger partial charge in [0, 0.05) is 25.1 Å². The first kappa shape index (κ1) is 8.71. The molecule has 0 saturated carbocycles. The van der Waals surface area contributed by atoms with Gasteiger partial charge in [0.15, 0.2) is 0 Å². The summed E-state index contributed by atoms with van der Waals surface area (Å²) in [6.07, 6.45) is 0. The lowest BCUT2D eigenvalue weighted by Gasteiger charge is -2.00. The zero-order valence-corrected chi connectivity index (χ0v) is 7.49. The minimum Gasteiger partial charge on any atom is -0.383 e. The van der Waals surface area contributed by atoms with Gasteiger partial charge in [0.1, 0.15) is 0 Å². The molecule has 0 spiro atoms. The van der Waals surface area contributed by atoms with E-state index in [0.717, 1.165) is 19.7 Å². The molecule has 0 aliphatic heterocycles. The van der Waals surface area contributed by atoms with Crippen molar-refractivity contribution in [3.05, 3.63) is 22.4 Å². The molecular formula is C8H13NOS. The SMILES string of the molecule is COCCNCc1cccs1. The summed E-state index contributed by atoms with van der Waals surface area (Å²) in [6.45, 7) is 2.67. The van der Waals surface area contributed by atoms with Gasteiger partial charge >= 0.3 is 0 Å². The fourth-order valence-electron chi connectivity index (χ4n) is 0.799. The van der Waals surface area contributed by atoms with Gasteiger partial charge in [0.2, 0.25) is 0 Å². The van der Waals surface area contributed by atoms with E-state index in [9.17, 15) is 0 Å². The summed E-state index contributed by atoms with van der Waals surface area (Å²) in [5.74, 6) is 0. The summed E-state index contributed by atoms with van der Waals surface area (Å²) in [4.78, 5) is 1.38. The fraction of sp³-hybridized carbons (Fsp3) is 0.500. The molecule has 1 heterocycles. The molecule has 0 radical (unpaired) electrons. The van der Waals surface area contributed by atoms with Crippen LogP contribution in [0.3, 0.4) is 0 Å². The van der Waals surface area contributed by atoms with Crippen LogP contribution in [0.4, 0.5) is 0 Å². The van der Waals surface area contributed by atoms with Crippen molar-refractivity contribution in [2.75, 3.05) is 20.3 Å². The van der Waals surface area contributed by atoms with Crippen molar-refractivity contribution < 1.29 is 4.74 Å². The molecule has 1 aromatic rings. The molecule has 2 nitrogen and oxygen atoms in total. The van der Waals surface area contributed by atoms with Crippen LogP contribution in [-0.2, 0) is 11.3 Å². The molecule has 0 amide bonds. The lowest BCUT2D eigenvalue weighted by molar-refractivity contribution is 0.199. The molecule has 0 bridgehead atoms. The number of hydrogen-bond acceptors (Lipinski definition) is 3. The molecule has 0 aliphatic carbocycles. The highest BCUT2D eigenvalue weighted by Crippen LogP contribution is 2.06. The Morgan fingerprint density at radius 2 is 2.55 bits per heavy atom. The van der Waals surface area contributed by atoms with Crippen molar-refractivity contribution in [2.45, 2.75) is 6.54 Å². The van der Waals surface area contributed by atoms with Crippen molar-refractivity contribution in [2.24, 2.45) is 0 Å². The molecule has 0 saturated heterocycles. The average molecular weight is 171 g/mol. The first-order valence-corrected chi connectivity index (χ1v) is 4.53. The van der Waals surface area contributed by atoms with Crippen LogP contribution in [0, 0.1) is 0 Å². The zero-order valence-electron chi connectivity index (χ0n) is 6.67. The van der Waals surface area contributed by atoms with Crippen LogP contribution in [0.2, 0.25) is 0 Å². The van der Waals surface area contributed by atoms with Crippen molar-refractivity contribution in [1.82, 2.24) is 5.32 Å². The Kier molecular flexibility index (Phi) is 4.19. The third-order valence-electron chi connectivity index (χ3n) is 1.36. The van der Waals surface area contributed by atoms with E-state index < -0.39 is 0 Å². The van der Waals surface area contributed by atoms with E-state index in [4.69, 9.17) is 4.74 Å². The summed E-state index contributed by atoms with van der Waals surface area (Å²) in [5, 5.41) is 5.36. The van der Waals surface area contributed by atoms with Crippen LogP contribution in [0.25, 0.3) is 0 Å². The number of ether oxygens (including phenoxy) is 1. The molecule has 11 heavy (non-hydrogen) atoms. The van der Waals surface area contributed by atoms with Gasteiger partial charge in [-0.25, -0.2) is 0 Å². The smallest absolute Gasteiger partial charge is 0.0587 e. The Morgan fingerprint density at radius 3 is 3.18 bits per heavy atom. The molecule has 0 aromatic carbocycles.